The number of hydrogen-bond acceptors (Lipinski definition) is 3. The zero-order valence-electron chi connectivity index (χ0n) is 5.54. The molecule has 4 N–H and O–H groups in total. The second kappa shape index (κ2) is 2.87. The first kappa shape index (κ1) is 8.00. The van der Waals surface area contributed by atoms with Crippen LogP contribution in [0.25, 0.3) is 0 Å². The van der Waals surface area contributed by atoms with E-state index in [2.05, 4.69) is 20.9 Å². The number of aromatic nitrogens is 1. The van der Waals surface area contributed by atoms with Crippen LogP contribution in [0.15, 0.2) is 16.6 Å². The highest BCUT2D eigenvalue weighted by atomic mass is 79.9. The minimum absolute atomic E-state index is 0.172. The molecule has 0 aliphatic rings. The smallest absolute Gasteiger partial charge is 0.267 e. The van der Waals surface area contributed by atoms with Crippen LogP contribution in [-0.2, 0) is 0 Å². The topological polar surface area (TPSA) is 82.0 Å². The Kier molecular flexibility index (Phi) is 2.09. The first-order valence-electron chi connectivity index (χ1n) is 2.83. The third-order valence-electron chi connectivity index (χ3n) is 1.13. The van der Waals surface area contributed by atoms with Crippen molar-refractivity contribution in [1.82, 2.24) is 4.98 Å². The molecule has 1 heterocycles. The largest absolute Gasteiger partial charge is 0.383 e. The molecule has 11 heavy (non-hydrogen) atoms. The average molecular weight is 216 g/mol. The highest BCUT2D eigenvalue weighted by Gasteiger charge is 2.03. The number of carbonyl (C=O) groups excluding carboxylic acids is 1. The van der Waals surface area contributed by atoms with Crippen LogP contribution in [0.2, 0.25) is 0 Å². The average Bonchev–Trinajstić information content (AvgIpc) is 1.94. The van der Waals surface area contributed by atoms with E-state index in [4.69, 9.17) is 11.5 Å². The lowest BCUT2D eigenvalue weighted by molar-refractivity contribution is 0.0995. The van der Waals surface area contributed by atoms with Gasteiger partial charge in [-0.2, -0.15) is 0 Å². The quantitative estimate of drug-likeness (QED) is 0.717. The van der Waals surface area contributed by atoms with Crippen molar-refractivity contribution in [2.45, 2.75) is 0 Å². The van der Waals surface area contributed by atoms with Crippen LogP contribution in [0, 0.1) is 0 Å². The lowest BCUT2D eigenvalue weighted by Crippen LogP contribution is -2.13. The summed E-state index contributed by atoms with van der Waals surface area (Å²) in [5, 5.41) is 0. The molecule has 0 unspecified atom stereocenters. The number of halogens is 1. The van der Waals surface area contributed by atoms with Gasteiger partial charge in [0.15, 0.2) is 0 Å². The Balaban J connectivity index is 3.15. The second-order valence-electron chi connectivity index (χ2n) is 1.93. The molecule has 0 aliphatic carbocycles. The van der Waals surface area contributed by atoms with E-state index in [1.165, 1.54) is 6.07 Å². The summed E-state index contributed by atoms with van der Waals surface area (Å²) in [6.07, 6.45) is 0. The molecular weight excluding hydrogens is 210 g/mol. The highest BCUT2D eigenvalue weighted by molar-refractivity contribution is 9.10. The summed E-state index contributed by atoms with van der Waals surface area (Å²) >= 11 is 3.14. The molecule has 1 rings (SSSR count). The maximum Gasteiger partial charge on any atom is 0.267 e. The van der Waals surface area contributed by atoms with Crippen molar-refractivity contribution in [1.29, 1.82) is 0 Å². The summed E-state index contributed by atoms with van der Waals surface area (Å²) in [5.41, 5.74) is 10.5. The molecule has 0 saturated carbocycles. The predicted octanol–water partition coefficient (Wildman–Crippen LogP) is 0.525. The van der Waals surface area contributed by atoms with Crippen molar-refractivity contribution in [3.63, 3.8) is 0 Å². The Morgan fingerprint density at radius 3 is 2.64 bits per heavy atom. The van der Waals surface area contributed by atoms with Gasteiger partial charge in [0.1, 0.15) is 11.5 Å². The van der Waals surface area contributed by atoms with Crippen LogP contribution < -0.4 is 11.5 Å². The van der Waals surface area contributed by atoms with Crippen molar-refractivity contribution in [2.24, 2.45) is 5.73 Å². The van der Waals surface area contributed by atoms with Gasteiger partial charge in [0, 0.05) is 0 Å². The van der Waals surface area contributed by atoms with Crippen LogP contribution in [0.4, 0.5) is 5.82 Å². The van der Waals surface area contributed by atoms with Gasteiger partial charge in [-0.15, -0.1) is 0 Å². The number of anilines is 1. The Bertz CT molecular complexity index is 300. The molecule has 5 heteroatoms. The van der Waals surface area contributed by atoms with Gasteiger partial charge >= 0.3 is 0 Å². The monoisotopic (exact) mass is 215 g/mol. The Morgan fingerprint density at radius 1 is 1.55 bits per heavy atom. The molecule has 0 fully saturated rings. The molecule has 1 aromatic heterocycles. The third kappa shape index (κ3) is 1.68. The Morgan fingerprint density at radius 2 is 2.18 bits per heavy atom. The minimum Gasteiger partial charge on any atom is -0.383 e. The van der Waals surface area contributed by atoms with Gasteiger partial charge < -0.3 is 11.5 Å². The van der Waals surface area contributed by atoms with E-state index in [9.17, 15) is 4.79 Å². The number of nitrogens with zero attached hydrogens (tertiary/aromatic N) is 1. The third-order valence-corrected chi connectivity index (χ3v) is 1.80. The van der Waals surface area contributed by atoms with Crippen LogP contribution >= 0.6 is 15.9 Å². The normalized spacial score (nSPS) is 9.55. The van der Waals surface area contributed by atoms with Gasteiger partial charge in [-0.1, -0.05) is 0 Å². The summed E-state index contributed by atoms with van der Waals surface area (Å²) in [6.45, 7) is 0. The molecule has 58 valence electrons. The molecule has 0 radical (unpaired) electrons. The Hall–Kier alpha value is -1.10. The summed E-state index contributed by atoms with van der Waals surface area (Å²) in [6, 6.07) is 3.13. The van der Waals surface area contributed by atoms with E-state index in [-0.39, 0.29) is 11.5 Å². The molecule has 0 spiro atoms. The SMILES string of the molecule is NC(=O)c1ccc(Br)c(N)n1. The molecule has 0 aliphatic heterocycles. The van der Waals surface area contributed by atoms with Gasteiger partial charge in [-0.3, -0.25) is 4.79 Å². The fourth-order valence-electron chi connectivity index (χ4n) is 0.595. The predicted molar refractivity (Wildman–Crippen MR) is 44.9 cm³/mol. The lowest BCUT2D eigenvalue weighted by Gasteiger charge is -1.97. The van der Waals surface area contributed by atoms with Crippen molar-refractivity contribution >= 4 is 27.7 Å². The number of nitrogens with two attached hydrogens (primary N) is 2. The van der Waals surface area contributed by atoms with Gasteiger partial charge in [0.05, 0.1) is 4.47 Å². The molecule has 0 saturated heterocycles. The molecule has 4 nitrogen and oxygen atoms in total. The number of rotatable bonds is 1. The van der Waals surface area contributed by atoms with Crippen molar-refractivity contribution in [3.05, 3.63) is 22.3 Å². The summed E-state index contributed by atoms with van der Waals surface area (Å²) in [4.78, 5) is 14.3. The number of nitrogen functional groups attached to an aromatic ring is 1. The minimum atomic E-state index is -0.579. The van der Waals surface area contributed by atoms with Crippen molar-refractivity contribution < 1.29 is 4.79 Å². The van der Waals surface area contributed by atoms with Crippen LogP contribution in [0.3, 0.4) is 0 Å². The lowest BCUT2D eigenvalue weighted by atomic mass is 10.3. The zero-order chi connectivity index (χ0) is 8.43. The van der Waals surface area contributed by atoms with E-state index in [0.717, 1.165) is 0 Å². The molecule has 0 aromatic carbocycles. The molecule has 1 amide bonds. The number of primary amides is 1. The van der Waals surface area contributed by atoms with Gasteiger partial charge in [0.2, 0.25) is 0 Å². The van der Waals surface area contributed by atoms with Crippen LogP contribution in [-0.4, -0.2) is 10.9 Å². The zero-order valence-corrected chi connectivity index (χ0v) is 7.13. The van der Waals surface area contributed by atoms with Crippen molar-refractivity contribution in [3.8, 4) is 0 Å². The van der Waals surface area contributed by atoms with Gasteiger partial charge in [-0.25, -0.2) is 4.98 Å². The summed E-state index contributed by atoms with van der Waals surface area (Å²) in [5.74, 6) is -0.314. The fraction of sp³-hybridized carbons (Fsp3) is 0. The van der Waals surface area contributed by atoms with Gasteiger partial charge in [-0.05, 0) is 28.1 Å². The maximum atomic E-state index is 10.6. The highest BCUT2D eigenvalue weighted by Crippen LogP contribution is 2.15. The molecule has 0 bridgehead atoms. The first-order chi connectivity index (χ1) is 5.11. The van der Waals surface area contributed by atoms with Crippen LogP contribution in [0.1, 0.15) is 10.5 Å². The number of amides is 1. The van der Waals surface area contributed by atoms with E-state index in [1.54, 1.807) is 6.07 Å². The number of carbonyl (C=O) groups is 1. The Labute approximate surface area is 71.7 Å². The van der Waals surface area contributed by atoms with E-state index < -0.39 is 5.91 Å². The van der Waals surface area contributed by atoms with Gasteiger partial charge in [0.25, 0.3) is 5.91 Å². The molecule has 1 aromatic rings. The van der Waals surface area contributed by atoms with Crippen LogP contribution in [0.5, 0.6) is 0 Å². The van der Waals surface area contributed by atoms with E-state index in [1.807, 2.05) is 0 Å². The number of hydrogen-bond donors (Lipinski definition) is 2. The summed E-state index contributed by atoms with van der Waals surface area (Å²) < 4.78 is 0.655. The molecule has 0 atom stereocenters. The fourth-order valence-corrected chi connectivity index (χ4v) is 0.816. The van der Waals surface area contributed by atoms with Crippen molar-refractivity contribution in [2.75, 3.05) is 5.73 Å². The maximum absolute atomic E-state index is 10.6. The standard InChI is InChI=1S/C6H6BrN3O/c7-3-1-2-4(6(9)11)10-5(3)8/h1-2H,(H2,8,10)(H2,9,11). The molecular formula is C6H6BrN3O. The van der Waals surface area contributed by atoms with E-state index >= 15 is 0 Å². The first-order valence-corrected chi connectivity index (χ1v) is 3.62. The second-order valence-corrected chi connectivity index (χ2v) is 2.78. The van der Waals surface area contributed by atoms with E-state index in [0.29, 0.717) is 4.47 Å². The number of pyridine rings is 1. The summed E-state index contributed by atoms with van der Waals surface area (Å²) in [7, 11) is 0.